The molecule has 5 nitrogen and oxygen atoms in total. The number of rotatable bonds is 10. The van der Waals surface area contributed by atoms with E-state index in [9.17, 15) is 0 Å². The second-order valence-electron chi connectivity index (χ2n) is 19.4. The zero-order valence-corrected chi connectivity index (χ0v) is 41.9. The first-order chi connectivity index (χ1) is 38.1. The third kappa shape index (κ3) is 8.62. The molecule has 14 aromatic rings. The molecule has 5 heteroatoms. The van der Waals surface area contributed by atoms with Crippen molar-refractivity contribution < 1.29 is 0 Å². The maximum Gasteiger partial charge on any atom is 0.0979 e. The molecule has 0 aliphatic carbocycles. The Morgan fingerprint density at radius 2 is 0.468 bits per heavy atom. The smallest absolute Gasteiger partial charge is 0.0979 e. The number of nitrogens with zero attached hydrogens (tertiary/aromatic N) is 5. The van der Waals surface area contributed by atoms with Crippen LogP contribution in [0.3, 0.4) is 0 Å². The maximum absolute atomic E-state index is 5.24. The van der Waals surface area contributed by atoms with Crippen molar-refractivity contribution in [3.8, 4) is 78.4 Å². The molecule has 0 aliphatic rings. The molecular weight excluding hydrogens is 935 g/mol. The van der Waals surface area contributed by atoms with Crippen LogP contribution in [0.4, 0.5) is 17.1 Å². The average molecular weight is 982 g/mol. The monoisotopic (exact) mass is 981 g/mol. The van der Waals surface area contributed by atoms with E-state index in [1.165, 1.54) is 21.9 Å². The molecule has 0 bridgehead atoms. The van der Waals surface area contributed by atoms with Gasteiger partial charge in [-0.3, -0.25) is 0 Å². The van der Waals surface area contributed by atoms with Crippen LogP contribution in [-0.4, -0.2) is 19.9 Å². The molecule has 12 aromatic carbocycles. The van der Waals surface area contributed by atoms with Crippen molar-refractivity contribution >= 4 is 60.7 Å². The SMILES string of the molecule is c1ccc(-c2ccc(N(c3ccc(-c4ccc(-c5nc6ccccc6nc5-c5cccc6ccccc56)cc4)cc3)c3ccc(-c4ccc(-c5nc6ccccc6nc5-c5cccc6ccccc56)cc4)cc3)cc2)cc1. The Morgan fingerprint density at radius 3 is 0.844 bits per heavy atom. The van der Waals surface area contributed by atoms with Crippen LogP contribution in [0, 0.1) is 0 Å². The summed E-state index contributed by atoms with van der Waals surface area (Å²) in [5.74, 6) is 0. The van der Waals surface area contributed by atoms with Gasteiger partial charge in [0.1, 0.15) is 0 Å². The first kappa shape index (κ1) is 45.3. The minimum Gasteiger partial charge on any atom is -0.311 e. The van der Waals surface area contributed by atoms with Crippen LogP contribution in [0.2, 0.25) is 0 Å². The van der Waals surface area contributed by atoms with Gasteiger partial charge in [0.2, 0.25) is 0 Å². The van der Waals surface area contributed by atoms with Crippen molar-refractivity contribution in [2.24, 2.45) is 0 Å². The fourth-order valence-corrected chi connectivity index (χ4v) is 10.8. The van der Waals surface area contributed by atoms with E-state index in [0.29, 0.717) is 0 Å². The molecule has 0 atom stereocenters. The van der Waals surface area contributed by atoms with E-state index in [2.05, 4.69) is 241 Å². The lowest BCUT2D eigenvalue weighted by Crippen LogP contribution is -2.09. The highest BCUT2D eigenvalue weighted by Crippen LogP contribution is 2.41. The summed E-state index contributed by atoms with van der Waals surface area (Å²) in [6.45, 7) is 0. The van der Waals surface area contributed by atoms with E-state index in [1.807, 2.05) is 48.5 Å². The fourth-order valence-electron chi connectivity index (χ4n) is 10.8. The second kappa shape index (κ2) is 19.5. The van der Waals surface area contributed by atoms with Gasteiger partial charge in [0, 0.05) is 39.3 Å². The van der Waals surface area contributed by atoms with E-state index in [4.69, 9.17) is 19.9 Å². The van der Waals surface area contributed by atoms with Gasteiger partial charge in [-0.25, -0.2) is 19.9 Å². The summed E-state index contributed by atoms with van der Waals surface area (Å²) >= 11 is 0. The van der Waals surface area contributed by atoms with Crippen LogP contribution >= 0.6 is 0 Å². The number of para-hydroxylation sites is 4. The number of aromatic nitrogens is 4. The van der Waals surface area contributed by atoms with Gasteiger partial charge in [-0.05, 0) is 116 Å². The molecule has 0 fully saturated rings. The van der Waals surface area contributed by atoms with Crippen molar-refractivity contribution in [1.29, 1.82) is 0 Å². The molecule has 0 spiro atoms. The van der Waals surface area contributed by atoms with E-state index in [0.717, 1.165) is 117 Å². The van der Waals surface area contributed by atoms with E-state index >= 15 is 0 Å². The Morgan fingerprint density at radius 1 is 0.195 bits per heavy atom. The molecule has 77 heavy (non-hydrogen) atoms. The second-order valence-corrected chi connectivity index (χ2v) is 19.4. The van der Waals surface area contributed by atoms with Crippen LogP contribution in [0.15, 0.2) is 285 Å². The van der Waals surface area contributed by atoms with Gasteiger partial charge in [-0.15, -0.1) is 0 Å². The maximum atomic E-state index is 5.24. The highest BCUT2D eigenvalue weighted by Gasteiger charge is 2.19. The summed E-state index contributed by atoms with van der Waals surface area (Å²) in [7, 11) is 0. The highest BCUT2D eigenvalue weighted by molar-refractivity contribution is 6.02. The van der Waals surface area contributed by atoms with Crippen LogP contribution < -0.4 is 4.90 Å². The quantitative estimate of drug-likeness (QED) is 0.137. The van der Waals surface area contributed by atoms with Gasteiger partial charge in [-0.2, -0.15) is 0 Å². The van der Waals surface area contributed by atoms with Crippen molar-refractivity contribution in [1.82, 2.24) is 19.9 Å². The Kier molecular flexibility index (Phi) is 11.5. The Labute approximate surface area is 446 Å². The van der Waals surface area contributed by atoms with Crippen molar-refractivity contribution in [3.05, 3.63) is 285 Å². The van der Waals surface area contributed by atoms with Crippen LogP contribution in [0.1, 0.15) is 0 Å². The lowest BCUT2D eigenvalue weighted by atomic mass is 9.96. The van der Waals surface area contributed by atoms with E-state index in [-0.39, 0.29) is 0 Å². The summed E-state index contributed by atoms with van der Waals surface area (Å²) in [5, 5.41) is 4.65. The summed E-state index contributed by atoms with van der Waals surface area (Å²) in [6.07, 6.45) is 0. The normalized spacial score (nSPS) is 11.4. The Balaban J connectivity index is 0.782. The van der Waals surface area contributed by atoms with Crippen molar-refractivity contribution in [2.45, 2.75) is 0 Å². The number of fused-ring (bicyclic) bond motifs is 4. The van der Waals surface area contributed by atoms with Crippen molar-refractivity contribution in [2.75, 3.05) is 4.90 Å². The average Bonchev–Trinajstić information content (AvgIpc) is 3.53. The molecule has 0 N–H and O–H groups in total. The topological polar surface area (TPSA) is 54.8 Å². The lowest BCUT2D eigenvalue weighted by molar-refractivity contribution is 1.28. The molecule has 14 rings (SSSR count). The molecule has 0 radical (unpaired) electrons. The third-order valence-corrected chi connectivity index (χ3v) is 14.7. The largest absolute Gasteiger partial charge is 0.311 e. The molecule has 2 aromatic heterocycles. The summed E-state index contributed by atoms with van der Waals surface area (Å²) in [5.41, 5.74) is 21.1. The molecular formula is C72H47N5. The number of hydrogen-bond acceptors (Lipinski definition) is 5. The predicted octanol–water partition coefficient (Wildman–Crippen LogP) is 19.0. The first-order valence-electron chi connectivity index (χ1n) is 26.0. The molecule has 0 aliphatic heterocycles. The van der Waals surface area contributed by atoms with Gasteiger partial charge < -0.3 is 4.90 Å². The molecule has 2 heterocycles. The van der Waals surface area contributed by atoms with Gasteiger partial charge in [0.25, 0.3) is 0 Å². The van der Waals surface area contributed by atoms with Gasteiger partial charge in [0.05, 0.1) is 44.8 Å². The Bertz CT molecular complexity index is 4200. The van der Waals surface area contributed by atoms with Crippen LogP contribution in [0.5, 0.6) is 0 Å². The minimum absolute atomic E-state index is 0.862. The van der Waals surface area contributed by atoms with Gasteiger partial charge in [0.15, 0.2) is 0 Å². The lowest BCUT2D eigenvalue weighted by Gasteiger charge is -2.26. The fraction of sp³-hybridized carbons (Fsp3) is 0. The molecule has 0 saturated heterocycles. The van der Waals surface area contributed by atoms with Gasteiger partial charge in [-0.1, -0.05) is 224 Å². The molecule has 0 saturated carbocycles. The van der Waals surface area contributed by atoms with Crippen molar-refractivity contribution in [3.63, 3.8) is 0 Å². The number of anilines is 3. The minimum atomic E-state index is 0.862. The van der Waals surface area contributed by atoms with Crippen LogP contribution in [-0.2, 0) is 0 Å². The number of benzene rings is 12. The third-order valence-electron chi connectivity index (χ3n) is 14.7. The highest BCUT2D eigenvalue weighted by atomic mass is 15.1. The zero-order chi connectivity index (χ0) is 51.1. The molecule has 360 valence electrons. The standard InChI is InChI=1S/C72H47N5/c1-2-14-48(15-3-1)51-36-42-58(43-37-51)77(59-44-38-52(39-45-59)49-28-32-56(33-29-49)69-71(75-67-26-10-8-24-65(67)73-69)63-22-12-18-54-16-4-6-20-61(54)63)60-46-40-53(41-47-60)50-30-34-57(35-31-50)70-72(76-68-27-11-9-25-66(68)74-70)64-23-13-19-55-17-5-7-21-62(55)64/h1-47H. The molecule has 0 amide bonds. The zero-order valence-electron chi connectivity index (χ0n) is 41.9. The summed E-state index contributed by atoms with van der Waals surface area (Å²) in [6, 6.07) is 101. The van der Waals surface area contributed by atoms with E-state index in [1.54, 1.807) is 0 Å². The first-order valence-corrected chi connectivity index (χ1v) is 26.0. The summed E-state index contributed by atoms with van der Waals surface area (Å²) < 4.78 is 0. The van der Waals surface area contributed by atoms with E-state index < -0.39 is 0 Å². The van der Waals surface area contributed by atoms with Gasteiger partial charge >= 0.3 is 0 Å². The summed E-state index contributed by atoms with van der Waals surface area (Å²) in [4.78, 5) is 23.3. The molecule has 0 unspecified atom stereocenters. The van der Waals surface area contributed by atoms with Crippen LogP contribution in [0.25, 0.3) is 122 Å². The predicted molar refractivity (Wildman–Crippen MR) is 320 cm³/mol. The number of hydrogen-bond donors (Lipinski definition) is 0. The Hall–Kier alpha value is -10.4.